The minimum Gasteiger partial charge on any atom is -0.463 e. The number of H-pyrrole nitrogens is 1. The van der Waals surface area contributed by atoms with E-state index >= 15 is 0 Å². The van der Waals surface area contributed by atoms with E-state index in [9.17, 15) is 18.0 Å². The molecule has 5 rings (SSSR count). The third kappa shape index (κ3) is 4.05. The molecule has 168 valence electrons. The predicted octanol–water partition coefficient (Wildman–Crippen LogP) is 5.12. The fraction of sp³-hybridized carbons (Fsp3) is 0.136. The zero-order chi connectivity index (χ0) is 23.2. The van der Waals surface area contributed by atoms with Gasteiger partial charge in [0.05, 0.1) is 6.26 Å². The summed E-state index contributed by atoms with van der Waals surface area (Å²) in [5.74, 6) is -0.430. The first-order chi connectivity index (χ1) is 15.8. The van der Waals surface area contributed by atoms with Gasteiger partial charge in [-0.3, -0.25) is 4.79 Å². The van der Waals surface area contributed by atoms with Gasteiger partial charge in [-0.2, -0.15) is 18.3 Å². The highest BCUT2D eigenvalue weighted by Gasteiger charge is 2.36. The zero-order valence-electron chi connectivity index (χ0n) is 16.8. The number of benzene rings is 1. The number of furan rings is 1. The second kappa shape index (κ2) is 7.96. The molecule has 2 N–H and O–H groups in total. The van der Waals surface area contributed by atoms with Gasteiger partial charge in [-0.05, 0) is 48.4 Å². The van der Waals surface area contributed by atoms with Crippen LogP contribution in [0.2, 0.25) is 5.02 Å². The molecule has 0 unspecified atom stereocenters. The van der Waals surface area contributed by atoms with E-state index in [-0.39, 0.29) is 29.3 Å². The molecule has 0 aliphatic heterocycles. The number of rotatable bonds is 5. The van der Waals surface area contributed by atoms with Crippen LogP contribution in [0.15, 0.2) is 59.3 Å². The molecule has 4 heterocycles. The third-order valence-electron chi connectivity index (χ3n) is 5.13. The molecular formula is C22H15ClF3N5O2. The van der Waals surface area contributed by atoms with E-state index < -0.39 is 17.8 Å². The van der Waals surface area contributed by atoms with Crippen LogP contribution in [0.1, 0.15) is 21.7 Å². The number of carbonyl (C=O) groups is 1. The lowest BCUT2D eigenvalue weighted by atomic mass is 10.1. The van der Waals surface area contributed by atoms with Crippen molar-refractivity contribution in [1.29, 1.82) is 0 Å². The number of nitrogens with zero attached hydrogens (tertiary/aromatic N) is 3. The van der Waals surface area contributed by atoms with Crippen molar-refractivity contribution in [3.8, 4) is 11.5 Å². The first kappa shape index (κ1) is 21.1. The number of aromatic amines is 1. The number of carbonyl (C=O) groups excluding carboxylic acids is 1. The molecule has 33 heavy (non-hydrogen) atoms. The van der Waals surface area contributed by atoms with Gasteiger partial charge in [0, 0.05) is 34.7 Å². The molecule has 0 atom stereocenters. The van der Waals surface area contributed by atoms with Gasteiger partial charge in [0.25, 0.3) is 5.91 Å². The Morgan fingerprint density at radius 3 is 2.82 bits per heavy atom. The topological polar surface area (TPSA) is 88.2 Å². The number of aromatic nitrogens is 4. The van der Waals surface area contributed by atoms with Gasteiger partial charge >= 0.3 is 6.18 Å². The van der Waals surface area contributed by atoms with Gasteiger partial charge in [-0.15, -0.1) is 0 Å². The summed E-state index contributed by atoms with van der Waals surface area (Å²) >= 11 is 6.05. The van der Waals surface area contributed by atoms with Gasteiger partial charge in [0.1, 0.15) is 5.69 Å². The number of halogens is 4. The van der Waals surface area contributed by atoms with Crippen LogP contribution in [0, 0.1) is 0 Å². The third-order valence-corrected chi connectivity index (χ3v) is 5.37. The Morgan fingerprint density at radius 1 is 1.21 bits per heavy atom. The summed E-state index contributed by atoms with van der Waals surface area (Å²) < 4.78 is 46.7. The van der Waals surface area contributed by atoms with E-state index in [0.717, 1.165) is 22.5 Å². The number of hydrogen-bond donors (Lipinski definition) is 2. The summed E-state index contributed by atoms with van der Waals surface area (Å²) in [6, 6.07) is 10.6. The molecule has 4 aromatic heterocycles. The van der Waals surface area contributed by atoms with Crippen molar-refractivity contribution in [1.82, 2.24) is 24.9 Å². The summed E-state index contributed by atoms with van der Waals surface area (Å²) in [6.45, 7) is 0.253. The Balaban J connectivity index is 1.38. The molecule has 0 radical (unpaired) electrons. The van der Waals surface area contributed by atoms with Gasteiger partial charge in [0.15, 0.2) is 22.8 Å². The van der Waals surface area contributed by atoms with E-state index in [1.807, 2.05) is 18.3 Å². The van der Waals surface area contributed by atoms with E-state index in [4.69, 9.17) is 16.0 Å². The minimum atomic E-state index is -4.71. The van der Waals surface area contributed by atoms with Crippen LogP contribution in [-0.2, 0) is 12.6 Å². The Kier molecular flexibility index (Phi) is 5.09. The number of amides is 1. The Hall–Kier alpha value is -3.79. The molecule has 0 saturated heterocycles. The summed E-state index contributed by atoms with van der Waals surface area (Å²) in [5, 5.41) is 8.07. The fourth-order valence-corrected chi connectivity index (χ4v) is 3.77. The van der Waals surface area contributed by atoms with Crippen LogP contribution in [-0.4, -0.2) is 32.0 Å². The lowest BCUT2D eigenvalue weighted by Crippen LogP contribution is -2.26. The fourth-order valence-electron chi connectivity index (χ4n) is 3.60. The standard InChI is InChI=1S/C22H15ClF3N5O2/c23-13-3-4-15-14(8-13)12(11-28-15)5-6-27-21(32)17-10-20-29-16(18-2-1-7-33-18)9-19(22(24,25)26)31(20)30-17/h1-4,7-11,28H,5-6H2,(H,27,32). The van der Waals surface area contributed by atoms with Crippen LogP contribution in [0.5, 0.6) is 0 Å². The second-order valence-corrected chi connectivity index (χ2v) is 7.75. The van der Waals surface area contributed by atoms with Gasteiger partial charge < -0.3 is 14.7 Å². The number of nitrogens with one attached hydrogen (secondary N) is 2. The first-order valence-electron chi connectivity index (χ1n) is 9.85. The maximum Gasteiger partial charge on any atom is 0.433 e. The summed E-state index contributed by atoms with van der Waals surface area (Å²) in [6.07, 6.45) is -1.05. The van der Waals surface area contributed by atoms with Crippen LogP contribution in [0.25, 0.3) is 28.0 Å². The molecule has 0 spiro atoms. The van der Waals surface area contributed by atoms with Gasteiger partial charge in [-0.1, -0.05) is 11.6 Å². The smallest absolute Gasteiger partial charge is 0.433 e. The number of alkyl halides is 3. The Labute approximate surface area is 189 Å². The summed E-state index contributed by atoms with van der Waals surface area (Å²) in [4.78, 5) is 19.9. The lowest BCUT2D eigenvalue weighted by molar-refractivity contribution is -0.142. The van der Waals surface area contributed by atoms with Crippen LogP contribution >= 0.6 is 11.6 Å². The maximum absolute atomic E-state index is 13.6. The largest absolute Gasteiger partial charge is 0.463 e. The average molecular weight is 474 g/mol. The molecule has 0 aliphatic rings. The lowest BCUT2D eigenvalue weighted by Gasteiger charge is -2.09. The van der Waals surface area contributed by atoms with E-state index in [1.54, 1.807) is 12.1 Å². The highest BCUT2D eigenvalue weighted by Crippen LogP contribution is 2.32. The maximum atomic E-state index is 13.6. The highest BCUT2D eigenvalue weighted by atomic mass is 35.5. The van der Waals surface area contributed by atoms with Crippen molar-refractivity contribution in [3.63, 3.8) is 0 Å². The SMILES string of the molecule is O=C(NCCc1c[nH]c2ccc(Cl)cc12)c1cc2nc(-c3ccco3)cc(C(F)(F)F)n2n1. The molecule has 0 fully saturated rings. The van der Waals surface area contributed by atoms with Crippen molar-refractivity contribution in [2.75, 3.05) is 6.54 Å². The molecule has 7 nitrogen and oxygen atoms in total. The molecule has 0 bridgehead atoms. The monoisotopic (exact) mass is 473 g/mol. The molecular weight excluding hydrogens is 459 g/mol. The highest BCUT2D eigenvalue weighted by molar-refractivity contribution is 6.31. The molecule has 11 heteroatoms. The van der Waals surface area contributed by atoms with Crippen molar-refractivity contribution in [2.24, 2.45) is 0 Å². The van der Waals surface area contributed by atoms with Gasteiger partial charge in [0.2, 0.25) is 0 Å². The second-order valence-electron chi connectivity index (χ2n) is 7.31. The first-order valence-corrected chi connectivity index (χ1v) is 10.2. The predicted molar refractivity (Wildman–Crippen MR) is 115 cm³/mol. The number of hydrogen-bond acceptors (Lipinski definition) is 4. The summed E-state index contributed by atoms with van der Waals surface area (Å²) in [7, 11) is 0. The number of fused-ring (bicyclic) bond motifs is 2. The van der Waals surface area contributed by atoms with E-state index in [0.29, 0.717) is 16.0 Å². The molecule has 1 amide bonds. The molecule has 1 aromatic carbocycles. The minimum absolute atomic E-state index is 0.00956. The average Bonchev–Trinajstić information content (AvgIpc) is 3.51. The van der Waals surface area contributed by atoms with Crippen LogP contribution in [0.3, 0.4) is 0 Å². The van der Waals surface area contributed by atoms with Crippen molar-refractivity contribution >= 4 is 34.1 Å². The van der Waals surface area contributed by atoms with Crippen LogP contribution < -0.4 is 5.32 Å². The molecule has 0 saturated carbocycles. The normalized spacial score (nSPS) is 12.0. The van der Waals surface area contributed by atoms with Crippen molar-refractivity contribution in [3.05, 3.63) is 76.9 Å². The van der Waals surface area contributed by atoms with Gasteiger partial charge in [-0.25, -0.2) is 9.50 Å². The zero-order valence-corrected chi connectivity index (χ0v) is 17.5. The van der Waals surface area contributed by atoms with Crippen LogP contribution in [0.4, 0.5) is 13.2 Å². The van der Waals surface area contributed by atoms with Crippen molar-refractivity contribution < 1.29 is 22.4 Å². The summed E-state index contributed by atoms with van der Waals surface area (Å²) in [5.41, 5.74) is 0.503. The van der Waals surface area contributed by atoms with E-state index in [2.05, 4.69) is 20.4 Å². The van der Waals surface area contributed by atoms with E-state index in [1.165, 1.54) is 18.4 Å². The Bertz CT molecular complexity index is 1470. The quantitative estimate of drug-likeness (QED) is 0.371. The van der Waals surface area contributed by atoms with Crippen molar-refractivity contribution in [2.45, 2.75) is 12.6 Å². The Morgan fingerprint density at radius 2 is 2.06 bits per heavy atom. The molecule has 0 aliphatic carbocycles. The molecule has 5 aromatic rings.